The quantitative estimate of drug-likeness (QED) is 0.107. The average molecular weight is 488 g/mol. The topological polar surface area (TPSA) is 113 Å². The molecule has 7 nitrogen and oxygen atoms in total. The van der Waals surface area contributed by atoms with Crippen molar-refractivity contribution in [3.05, 3.63) is 42.3 Å². The second-order valence-electron chi connectivity index (χ2n) is 4.59. The van der Waals surface area contributed by atoms with Crippen LogP contribution in [0, 0.1) is 11.3 Å². The molecule has 2 aromatic carbocycles. The van der Waals surface area contributed by atoms with Gasteiger partial charge >= 0.3 is 0 Å². The highest BCUT2D eigenvalue weighted by Crippen LogP contribution is 2.45. The lowest BCUT2D eigenvalue weighted by Gasteiger charge is -2.09. The molecule has 0 heterocycles. The minimum Gasteiger partial charge on any atom is -0.504 e. The first kappa shape index (κ1) is 21.6. The van der Waals surface area contributed by atoms with Gasteiger partial charge in [0, 0.05) is 0 Å². The summed E-state index contributed by atoms with van der Waals surface area (Å²) in [6.45, 7) is 0. The van der Waals surface area contributed by atoms with Crippen LogP contribution in [-0.4, -0.2) is 16.0 Å². The number of rotatable bonds is 3. The van der Waals surface area contributed by atoms with Crippen molar-refractivity contribution in [2.75, 3.05) is 5.43 Å². The lowest BCUT2D eigenvalue weighted by atomic mass is 10.3. The van der Waals surface area contributed by atoms with E-state index in [-0.39, 0.29) is 41.5 Å². The van der Waals surface area contributed by atoms with Crippen molar-refractivity contribution in [1.29, 1.82) is 5.26 Å². The van der Waals surface area contributed by atoms with E-state index in [2.05, 4.69) is 20.8 Å². The minimum absolute atomic E-state index is 0.0206. The van der Waals surface area contributed by atoms with Gasteiger partial charge in [0.15, 0.2) is 11.5 Å². The van der Waals surface area contributed by atoms with Crippen LogP contribution in [0.2, 0.25) is 30.1 Å². The van der Waals surface area contributed by atoms with Crippen LogP contribution >= 0.6 is 69.6 Å². The summed E-state index contributed by atoms with van der Waals surface area (Å²) >= 11 is 35.1. The molecule has 0 saturated carbocycles. The number of nitrogens with one attached hydrogen (secondary N) is 1. The second kappa shape index (κ2) is 9.02. The summed E-state index contributed by atoms with van der Waals surface area (Å²) in [5, 5.41) is 39.3. The maximum absolute atomic E-state index is 9.91. The molecule has 0 bridgehead atoms. The number of benzene rings is 2. The smallest absolute Gasteiger partial charge is 0.270 e. The fourth-order valence-electron chi connectivity index (χ4n) is 1.63. The fraction of sp³-hybridized carbons (Fsp3) is 0. The third-order valence-corrected chi connectivity index (χ3v) is 5.03. The zero-order valence-electron chi connectivity index (χ0n) is 12.6. The largest absolute Gasteiger partial charge is 0.504 e. The maximum atomic E-state index is 9.91. The highest BCUT2D eigenvalue weighted by atomic mass is 35.5. The Hall–Kier alpha value is -1.66. The lowest BCUT2D eigenvalue weighted by molar-refractivity contribution is 0.476. The predicted molar refractivity (Wildman–Crippen MR) is 107 cm³/mol. The highest BCUT2D eigenvalue weighted by Gasteiger charge is 2.16. The molecular formula is C14H5Cl6N5O2. The molecule has 13 heteroatoms. The van der Waals surface area contributed by atoms with Crippen LogP contribution in [0.5, 0.6) is 11.5 Å². The molecule has 27 heavy (non-hydrogen) atoms. The Morgan fingerprint density at radius 1 is 0.889 bits per heavy atom. The Balaban J connectivity index is 2.38. The molecule has 140 valence electrons. The molecule has 0 atom stereocenters. The number of hydrazone groups is 1. The van der Waals surface area contributed by atoms with Gasteiger partial charge in [-0.15, -0.1) is 15.3 Å². The van der Waals surface area contributed by atoms with Crippen LogP contribution in [-0.2, 0) is 0 Å². The van der Waals surface area contributed by atoms with Crippen molar-refractivity contribution >= 4 is 86.8 Å². The molecular weight excluding hydrogens is 483 g/mol. The Labute approximate surface area is 182 Å². The summed E-state index contributed by atoms with van der Waals surface area (Å²) in [5.74, 6) is -1.44. The molecule has 0 fully saturated rings. The Bertz CT molecular complexity index is 966. The third-order valence-electron chi connectivity index (χ3n) is 2.89. The van der Waals surface area contributed by atoms with Gasteiger partial charge in [0.25, 0.3) is 5.84 Å². The van der Waals surface area contributed by atoms with E-state index in [0.717, 1.165) is 0 Å². The van der Waals surface area contributed by atoms with Crippen LogP contribution in [0.3, 0.4) is 0 Å². The van der Waals surface area contributed by atoms with Crippen LogP contribution in [0.15, 0.2) is 27.5 Å². The molecule has 0 spiro atoms. The number of phenolic OH excluding ortho intramolecular Hbond substituents is 2. The molecule has 3 N–H and O–H groups in total. The minimum atomic E-state index is -0.520. The van der Waals surface area contributed by atoms with E-state index >= 15 is 0 Å². The predicted octanol–water partition coefficient (Wildman–Crippen LogP) is 7.05. The van der Waals surface area contributed by atoms with Crippen molar-refractivity contribution in [2.24, 2.45) is 15.3 Å². The molecule has 0 saturated heterocycles. The molecule has 0 aliphatic carbocycles. The molecule has 0 aliphatic heterocycles. The van der Waals surface area contributed by atoms with Crippen molar-refractivity contribution in [2.45, 2.75) is 0 Å². The molecule has 0 radical (unpaired) electrons. The third kappa shape index (κ3) is 4.79. The molecule has 2 aromatic rings. The number of azo groups is 1. The van der Waals surface area contributed by atoms with Crippen LogP contribution in [0.25, 0.3) is 0 Å². The van der Waals surface area contributed by atoms with Crippen molar-refractivity contribution < 1.29 is 10.2 Å². The van der Waals surface area contributed by atoms with Gasteiger partial charge in [-0.2, -0.15) is 5.26 Å². The summed E-state index contributed by atoms with van der Waals surface area (Å²) in [5.41, 5.74) is 1.91. The first-order valence-corrected chi connectivity index (χ1v) is 8.82. The number of hydrogen-bond acceptors (Lipinski definition) is 6. The lowest BCUT2D eigenvalue weighted by Crippen LogP contribution is -1.97. The van der Waals surface area contributed by atoms with Crippen LogP contribution in [0.1, 0.15) is 0 Å². The number of anilines is 1. The normalized spacial score (nSPS) is 11.7. The average Bonchev–Trinajstić information content (AvgIpc) is 2.63. The van der Waals surface area contributed by atoms with Gasteiger partial charge in [-0.3, -0.25) is 5.43 Å². The van der Waals surface area contributed by atoms with Crippen molar-refractivity contribution in [1.82, 2.24) is 0 Å². The molecule has 0 aliphatic rings. The Morgan fingerprint density at radius 2 is 1.44 bits per heavy atom. The number of halogens is 6. The molecule has 0 amide bonds. The van der Waals surface area contributed by atoms with E-state index in [1.165, 1.54) is 12.1 Å². The number of phenols is 2. The second-order valence-corrected chi connectivity index (χ2v) is 6.97. The SMILES string of the molecule is N#CC(/N=N/c1c(O)c(Cl)cc(Cl)c1Cl)=N\Nc1c(O)c(Cl)cc(Cl)c1Cl. The number of aromatic hydroxyl groups is 2. The summed E-state index contributed by atoms with van der Waals surface area (Å²) in [7, 11) is 0. The van der Waals surface area contributed by atoms with E-state index in [0.29, 0.717) is 0 Å². The monoisotopic (exact) mass is 485 g/mol. The van der Waals surface area contributed by atoms with Gasteiger partial charge in [-0.05, 0) is 12.1 Å². The standard InChI is InChI=1S/C14H5Cl6N5O2/c15-4-1-6(17)13(26)11(9(4)19)24-22-8(3-21)23-25-12-10(20)5(16)2-7(18)14(12)27/h1-2,24,26-27H/b22-8+,25-23+. The van der Waals surface area contributed by atoms with Gasteiger partial charge in [-0.25, -0.2) is 0 Å². The number of amidine groups is 1. The number of nitrogens with zero attached hydrogens (tertiary/aromatic N) is 4. The zero-order chi connectivity index (χ0) is 20.3. The van der Waals surface area contributed by atoms with E-state index < -0.39 is 17.3 Å². The Kier molecular flexibility index (Phi) is 7.23. The maximum Gasteiger partial charge on any atom is 0.270 e. The van der Waals surface area contributed by atoms with E-state index in [9.17, 15) is 10.2 Å². The Morgan fingerprint density at radius 3 is 2.04 bits per heavy atom. The fourth-order valence-corrected chi connectivity index (χ4v) is 2.91. The van der Waals surface area contributed by atoms with Gasteiger partial charge < -0.3 is 10.2 Å². The molecule has 0 unspecified atom stereocenters. The summed E-state index contributed by atoms with van der Waals surface area (Å²) in [6, 6.07) is 4.07. The molecule has 0 aromatic heterocycles. The summed E-state index contributed by atoms with van der Waals surface area (Å²) in [6.07, 6.45) is 0. The summed E-state index contributed by atoms with van der Waals surface area (Å²) < 4.78 is 0. The van der Waals surface area contributed by atoms with Crippen LogP contribution < -0.4 is 5.43 Å². The van der Waals surface area contributed by atoms with Gasteiger partial charge in [0.1, 0.15) is 17.4 Å². The van der Waals surface area contributed by atoms with Crippen LogP contribution in [0.4, 0.5) is 11.4 Å². The van der Waals surface area contributed by atoms with Gasteiger partial charge in [0.05, 0.1) is 30.1 Å². The number of nitriles is 1. The van der Waals surface area contributed by atoms with Gasteiger partial charge in [0.2, 0.25) is 0 Å². The number of hydrogen-bond donors (Lipinski definition) is 3. The van der Waals surface area contributed by atoms with E-state index in [1.807, 2.05) is 0 Å². The van der Waals surface area contributed by atoms with Gasteiger partial charge in [-0.1, -0.05) is 69.6 Å². The first-order valence-electron chi connectivity index (χ1n) is 6.55. The molecule has 2 rings (SSSR count). The zero-order valence-corrected chi connectivity index (χ0v) is 17.1. The van der Waals surface area contributed by atoms with Crippen molar-refractivity contribution in [3.8, 4) is 17.6 Å². The van der Waals surface area contributed by atoms with Crippen molar-refractivity contribution in [3.63, 3.8) is 0 Å². The van der Waals surface area contributed by atoms with E-state index in [4.69, 9.17) is 74.9 Å². The summed E-state index contributed by atoms with van der Waals surface area (Å²) in [4.78, 5) is 0. The highest BCUT2D eigenvalue weighted by molar-refractivity contribution is 6.46. The first-order chi connectivity index (χ1) is 12.7. The van der Waals surface area contributed by atoms with E-state index in [1.54, 1.807) is 6.07 Å².